The summed E-state index contributed by atoms with van der Waals surface area (Å²) in [7, 11) is 0. The summed E-state index contributed by atoms with van der Waals surface area (Å²) in [4.78, 5) is 4.67. The van der Waals surface area contributed by atoms with Gasteiger partial charge in [-0.1, -0.05) is 0 Å². The number of ether oxygens (including phenoxy) is 2. The van der Waals surface area contributed by atoms with E-state index >= 15 is 0 Å². The molecule has 0 bridgehead atoms. The molecule has 1 aliphatic rings. The number of aliphatic hydroxyl groups is 1. The van der Waals surface area contributed by atoms with Crippen LogP contribution < -0.4 is 10.6 Å². The molecule has 3 N–H and O–H groups in total. The maximum atomic E-state index is 9.24. The van der Waals surface area contributed by atoms with Crippen LogP contribution in [0.2, 0.25) is 0 Å². The second-order valence-corrected chi connectivity index (χ2v) is 5.45. The second-order valence-electron chi connectivity index (χ2n) is 5.45. The SMILES string of the molecule is CCNC(=NCC1(CCO)CCOC1)NCCCOCC.I. The molecule has 0 aromatic rings. The number of rotatable bonds is 10. The predicted molar refractivity (Wildman–Crippen MR) is 100 cm³/mol. The summed E-state index contributed by atoms with van der Waals surface area (Å²) < 4.78 is 10.8. The molecule has 1 aliphatic heterocycles. The van der Waals surface area contributed by atoms with Crippen molar-refractivity contribution in [3.05, 3.63) is 0 Å². The highest BCUT2D eigenvalue weighted by molar-refractivity contribution is 14.0. The summed E-state index contributed by atoms with van der Waals surface area (Å²) in [6.45, 7) is 9.61. The van der Waals surface area contributed by atoms with E-state index in [9.17, 15) is 5.11 Å². The van der Waals surface area contributed by atoms with Gasteiger partial charge < -0.3 is 25.2 Å². The van der Waals surface area contributed by atoms with Gasteiger partial charge in [-0.15, -0.1) is 24.0 Å². The average Bonchev–Trinajstić information content (AvgIpc) is 2.94. The van der Waals surface area contributed by atoms with Crippen LogP contribution in [-0.2, 0) is 9.47 Å². The Kier molecular flexibility index (Phi) is 13.3. The van der Waals surface area contributed by atoms with Crippen LogP contribution in [0.5, 0.6) is 0 Å². The number of hydrogen-bond acceptors (Lipinski definition) is 4. The van der Waals surface area contributed by atoms with E-state index in [1.165, 1.54) is 0 Å². The highest BCUT2D eigenvalue weighted by Crippen LogP contribution is 2.32. The van der Waals surface area contributed by atoms with Crippen LogP contribution in [0.3, 0.4) is 0 Å². The number of hydrogen-bond donors (Lipinski definition) is 3. The fourth-order valence-electron chi connectivity index (χ4n) is 2.40. The molecule has 0 saturated carbocycles. The minimum atomic E-state index is 0. The fourth-order valence-corrected chi connectivity index (χ4v) is 2.40. The standard InChI is InChI=1S/C15H31N3O3.HI/c1-3-16-14(17-8-5-10-20-4-2)18-12-15(6-9-19)7-11-21-13-15;/h19H,3-13H2,1-2H3,(H2,16,17,18);1H. The summed E-state index contributed by atoms with van der Waals surface area (Å²) in [6, 6.07) is 0. The van der Waals surface area contributed by atoms with Crippen LogP contribution in [-0.4, -0.2) is 63.7 Å². The van der Waals surface area contributed by atoms with Crippen LogP contribution in [0, 0.1) is 5.41 Å². The number of guanidine groups is 1. The number of aliphatic hydroxyl groups excluding tert-OH is 1. The van der Waals surface area contributed by atoms with Crippen molar-refractivity contribution in [3.8, 4) is 0 Å². The van der Waals surface area contributed by atoms with E-state index in [2.05, 4.69) is 22.5 Å². The largest absolute Gasteiger partial charge is 0.396 e. The summed E-state index contributed by atoms with van der Waals surface area (Å²) >= 11 is 0. The monoisotopic (exact) mass is 429 g/mol. The normalized spacial score (nSPS) is 21.5. The molecule has 0 spiro atoms. The molecule has 0 amide bonds. The third kappa shape index (κ3) is 8.50. The van der Waals surface area contributed by atoms with Crippen molar-refractivity contribution in [2.24, 2.45) is 10.4 Å². The maximum absolute atomic E-state index is 9.24. The fraction of sp³-hybridized carbons (Fsp3) is 0.933. The van der Waals surface area contributed by atoms with Gasteiger partial charge in [-0.3, -0.25) is 4.99 Å². The quantitative estimate of drug-likeness (QED) is 0.212. The van der Waals surface area contributed by atoms with Gasteiger partial charge in [0.2, 0.25) is 0 Å². The van der Waals surface area contributed by atoms with Gasteiger partial charge in [0.1, 0.15) is 0 Å². The van der Waals surface area contributed by atoms with Crippen molar-refractivity contribution in [2.45, 2.75) is 33.1 Å². The zero-order valence-corrected chi connectivity index (χ0v) is 16.2. The van der Waals surface area contributed by atoms with E-state index in [0.717, 1.165) is 58.1 Å². The van der Waals surface area contributed by atoms with E-state index in [1.807, 2.05) is 6.92 Å². The van der Waals surface area contributed by atoms with Crippen LogP contribution in [0.15, 0.2) is 4.99 Å². The Labute approximate surface area is 151 Å². The zero-order valence-electron chi connectivity index (χ0n) is 13.9. The summed E-state index contributed by atoms with van der Waals surface area (Å²) in [5.41, 5.74) is 0.00240. The number of nitrogens with one attached hydrogen (secondary N) is 2. The first-order valence-electron chi connectivity index (χ1n) is 8.05. The predicted octanol–water partition coefficient (Wildman–Crippen LogP) is 1.38. The van der Waals surface area contributed by atoms with E-state index in [4.69, 9.17) is 9.47 Å². The Morgan fingerprint density at radius 1 is 1.36 bits per heavy atom. The van der Waals surface area contributed by atoms with Gasteiger partial charge in [0.25, 0.3) is 0 Å². The van der Waals surface area contributed by atoms with Crippen molar-refractivity contribution < 1.29 is 14.6 Å². The molecule has 1 atom stereocenters. The lowest BCUT2D eigenvalue weighted by molar-refractivity contribution is 0.131. The van der Waals surface area contributed by atoms with Gasteiger partial charge in [-0.05, 0) is 33.1 Å². The minimum Gasteiger partial charge on any atom is -0.396 e. The summed E-state index contributed by atoms with van der Waals surface area (Å²) in [5.74, 6) is 0.832. The van der Waals surface area contributed by atoms with E-state index in [1.54, 1.807) is 0 Å². The molecule has 0 radical (unpaired) electrons. The molecule has 1 heterocycles. The van der Waals surface area contributed by atoms with E-state index < -0.39 is 0 Å². The average molecular weight is 429 g/mol. The van der Waals surface area contributed by atoms with Gasteiger partial charge in [-0.25, -0.2) is 0 Å². The highest BCUT2D eigenvalue weighted by atomic mass is 127. The maximum Gasteiger partial charge on any atom is 0.191 e. The molecule has 132 valence electrons. The van der Waals surface area contributed by atoms with Crippen LogP contribution in [0.25, 0.3) is 0 Å². The first-order chi connectivity index (χ1) is 10.3. The van der Waals surface area contributed by atoms with Gasteiger partial charge in [0, 0.05) is 44.9 Å². The van der Waals surface area contributed by atoms with Crippen molar-refractivity contribution in [3.63, 3.8) is 0 Å². The lowest BCUT2D eigenvalue weighted by Gasteiger charge is -2.24. The zero-order chi connectivity index (χ0) is 15.4. The Bertz CT molecular complexity index is 298. The van der Waals surface area contributed by atoms with Crippen molar-refractivity contribution in [2.75, 3.05) is 52.7 Å². The van der Waals surface area contributed by atoms with E-state index in [-0.39, 0.29) is 36.0 Å². The molecule has 0 aliphatic carbocycles. The van der Waals surface area contributed by atoms with Crippen molar-refractivity contribution in [1.29, 1.82) is 0 Å². The van der Waals surface area contributed by atoms with Gasteiger partial charge >= 0.3 is 0 Å². The van der Waals surface area contributed by atoms with Gasteiger partial charge in [-0.2, -0.15) is 0 Å². The molecular weight excluding hydrogens is 397 g/mol. The third-order valence-corrected chi connectivity index (χ3v) is 3.71. The topological polar surface area (TPSA) is 75.1 Å². The van der Waals surface area contributed by atoms with Gasteiger partial charge in [0.15, 0.2) is 5.96 Å². The van der Waals surface area contributed by atoms with Crippen molar-refractivity contribution in [1.82, 2.24) is 10.6 Å². The van der Waals surface area contributed by atoms with Crippen LogP contribution in [0.1, 0.15) is 33.1 Å². The molecule has 0 aromatic carbocycles. The Balaban J connectivity index is 0.00000441. The molecular formula is C15H32IN3O3. The molecule has 1 unspecified atom stereocenters. The van der Waals surface area contributed by atoms with Crippen molar-refractivity contribution >= 4 is 29.9 Å². The molecule has 0 aromatic heterocycles. The lowest BCUT2D eigenvalue weighted by Crippen LogP contribution is -2.39. The molecule has 7 heteroatoms. The second kappa shape index (κ2) is 13.3. The highest BCUT2D eigenvalue weighted by Gasteiger charge is 2.34. The number of halogens is 1. The Morgan fingerprint density at radius 2 is 2.18 bits per heavy atom. The van der Waals surface area contributed by atoms with E-state index in [0.29, 0.717) is 13.2 Å². The summed E-state index contributed by atoms with van der Waals surface area (Å²) in [6.07, 6.45) is 2.68. The Morgan fingerprint density at radius 3 is 2.77 bits per heavy atom. The molecule has 1 fully saturated rings. The van der Waals surface area contributed by atoms with Crippen LogP contribution in [0.4, 0.5) is 0 Å². The summed E-state index contributed by atoms with van der Waals surface area (Å²) in [5, 5.41) is 15.8. The third-order valence-electron chi connectivity index (χ3n) is 3.71. The Hall–Kier alpha value is -0.120. The molecule has 6 nitrogen and oxygen atoms in total. The molecule has 1 rings (SSSR count). The molecule has 22 heavy (non-hydrogen) atoms. The molecule has 1 saturated heterocycles. The lowest BCUT2D eigenvalue weighted by atomic mass is 9.84. The van der Waals surface area contributed by atoms with Gasteiger partial charge in [0.05, 0.1) is 13.2 Å². The first kappa shape index (κ1) is 21.9. The van der Waals surface area contributed by atoms with Crippen LogP contribution >= 0.6 is 24.0 Å². The first-order valence-corrected chi connectivity index (χ1v) is 8.05. The number of nitrogens with zero attached hydrogens (tertiary/aromatic N) is 1. The minimum absolute atomic E-state index is 0. The smallest absolute Gasteiger partial charge is 0.191 e. The number of aliphatic imine (C=N–C) groups is 1.